The molecule has 0 spiro atoms. The van der Waals surface area contributed by atoms with Gasteiger partial charge in [0.15, 0.2) is 0 Å². The molecule has 3 rings (SSSR count). The molecule has 3 N–H and O–H groups in total. The fraction of sp³-hybridized carbons (Fsp3) is 0.529. The normalized spacial score (nSPS) is 23.7. The van der Waals surface area contributed by atoms with Crippen LogP contribution in [0.1, 0.15) is 18.7 Å². The summed E-state index contributed by atoms with van der Waals surface area (Å²) in [5.41, 5.74) is -0.320. The second-order valence-corrected chi connectivity index (χ2v) is 6.58. The van der Waals surface area contributed by atoms with E-state index in [9.17, 15) is 10.2 Å². The van der Waals surface area contributed by atoms with Crippen molar-refractivity contribution in [3.8, 4) is 5.75 Å². The predicted molar refractivity (Wildman–Crippen MR) is 110 cm³/mol. The maximum Gasteiger partial charge on any atom is 0.137 e. The first-order valence-electron chi connectivity index (χ1n) is 8.14. The molecule has 0 radical (unpaired) electrons. The van der Waals surface area contributed by atoms with Crippen molar-refractivity contribution in [3.63, 3.8) is 0 Å². The van der Waals surface area contributed by atoms with Gasteiger partial charge < -0.3 is 24.8 Å². The molecule has 154 valence electrons. The molecule has 1 unspecified atom stereocenters. The molecule has 2 heterocycles. The Morgan fingerprint density at radius 3 is 2.48 bits per heavy atom. The minimum absolute atomic E-state index is 0. The Morgan fingerprint density at radius 2 is 1.93 bits per heavy atom. The molecule has 0 saturated heterocycles. The summed E-state index contributed by atoms with van der Waals surface area (Å²) in [7, 11) is 1.95. The van der Waals surface area contributed by atoms with Gasteiger partial charge in [-0.2, -0.15) is 0 Å². The highest BCUT2D eigenvalue weighted by atomic mass is 35.5. The van der Waals surface area contributed by atoms with E-state index in [1.807, 2.05) is 29.9 Å². The van der Waals surface area contributed by atoms with E-state index in [-0.39, 0.29) is 42.6 Å². The predicted octanol–water partition coefficient (Wildman–Crippen LogP) is 1.75. The number of aromatic nitrogens is 3. The highest BCUT2D eigenvalue weighted by molar-refractivity contribution is 5.86. The fourth-order valence-electron chi connectivity index (χ4n) is 3.23. The lowest BCUT2D eigenvalue weighted by atomic mass is 9.86. The van der Waals surface area contributed by atoms with Gasteiger partial charge in [-0.25, -0.2) is 4.98 Å². The van der Waals surface area contributed by atoms with Crippen LogP contribution >= 0.6 is 37.2 Å². The van der Waals surface area contributed by atoms with Crippen LogP contribution in [-0.2, 0) is 13.6 Å². The van der Waals surface area contributed by atoms with Crippen LogP contribution in [0.5, 0.6) is 5.75 Å². The van der Waals surface area contributed by atoms with Gasteiger partial charge in [-0.1, -0.05) is 0 Å². The third-order valence-electron chi connectivity index (χ3n) is 4.61. The average Bonchev–Trinajstić information content (AvgIpc) is 3.11. The Labute approximate surface area is 177 Å². The molecule has 0 aromatic carbocycles. The molecule has 1 aliphatic carbocycles. The molecule has 0 aliphatic heterocycles. The number of rotatable bonds is 7. The number of pyridine rings is 1. The van der Waals surface area contributed by atoms with Crippen molar-refractivity contribution < 1.29 is 14.9 Å². The summed E-state index contributed by atoms with van der Waals surface area (Å²) in [6.45, 7) is 1.68. The number of halogens is 3. The van der Waals surface area contributed by atoms with Gasteiger partial charge in [0, 0.05) is 37.6 Å². The molecular weight excluding hydrogens is 415 g/mol. The van der Waals surface area contributed by atoms with Crippen molar-refractivity contribution >= 4 is 37.2 Å². The molecule has 2 aromatic heterocycles. The van der Waals surface area contributed by atoms with Gasteiger partial charge in [0.1, 0.15) is 11.6 Å². The highest BCUT2D eigenvalue weighted by Gasteiger charge is 2.44. The molecule has 7 nitrogen and oxygen atoms in total. The molecule has 0 bridgehead atoms. The Hall–Kier alpha value is -1.09. The number of hydrogen-bond donors (Lipinski definition) is 3. The van der Waals surface area contributed by atoms with Crippen LogP contribution in [0.25, 0.3) is 0 Å². The molecule has 2 aromatic rings. The van der Waals surface area contributed by atoms with Gasteiger partial charge in [0.2, 0.25) is 0 Å². The summed E-state index contributed by atoms with van der Waals surface area (Å²) in [6.07, 6.45) is 6.61. The van der Waals surface area contributed by atoms with Gasteiger partial charge in [0.25, 0.3) is 0 Å². The van der Waals surface area contributed by atoms with E-state index < -0.39 is 12.2 Å². The van der Waals surface area contributed by atoms with Crippen LogP contribution in [0.2, 0.25) is 0 Å². The maximum atomic E-state index is 10.00. The van der Waals surface area contributed by atoms with Crippen LogP contribution in [0.15, 0.2) is 36.9 Å². The van der Waals surface area contributed by atoms with Crippen molar-refractivity contribution in [2.24, 2.45) is 12.5 Å². The number of aryl methyl sites for hydroxylation is 1. The smallest absolute Gasteiger partial charge is 0.137 e. The number of imidazole rings is 1. The molecule has 10 heteroatoms. The van der Waals surface area contributed by atoms with Crippen molar-refractivity contribution in [3.05, 3.63) is 42.7 Å². The number of nitrogens with one attached hydrogen (secondary N) is 1. The number of nitrogens with zero attached hydrogens (tertiary/aromatic N) is 3. The Balaban J connectivity index is 0.00000225. The molecule has 0 amide bonds. The maximum absolute atomic E-state index is 10.00. The van der Waals surface area contributed by atoms with E-state index in [4.69, 9.17) is 4.74 Å². The summed E-state index contributed by atoms with van der Waals surface area (Å²) in [5, 5.41) is 23.4. The van der Waals surface area contributed by atoms with E-state index in [1.54, 1.807) is 18.6 Å². The standard InChI is InChI=1S/C17H24N4O3.3ClH/c1-21-6-5-20-16(21)10-19-11-17(7-14(22)15(23)8-17)12-24-13-3-2-4-18-9-13;;;/h2-6,9,14-15,19,22-23H,7-8,10-12H2,1H3;3*1H/t14-,15+,17?;;;. The number of aliphatic hydroxyl groups excluding tert-OH is 2. The van der Waals surface area contributed by atoms with Crippen molar-refractivity contribution in [1.29, 1.82) is 0 Å². The van der Waals surface area contributed by atoms with Crippen molar-refractivity contribution in [2.75, 3.05) is 13.2 Å². The number of aliphatic hydroxyl groups is 2. The van der Waals surface area contributed by atoms with Crippen molar-refractivity contribution in [2.45, 2.75) is 31.6 Å². The fourth-order valence-corrected chi connectivity index (χ4v) is 3.23. The van der Waals surface area contributed by atoms with E-state index in [0.29, 0.717) is 38.3 Å². The summed E-state index contributed by atoms with van der Waals surface area (Å²) in [4.78, 5) is 8.33. The van der Waals surface area contributed by atoms with E-state index in [2.05, 4.69) is 15.3 Å². The third kappa shape index (κ3) is 6.78. The first-order chi connectivity index (χ1) is 11.6. The van der Waals surface area contributed by atoms with Crippen LogP contribution in [0.3, 0.4) is 0 Å². The van der Waals surface area contributed by atoms with Gasteiger partial charge >= 0.3 is 0 Å². The van der Waals surface area contributed by atoms with E-state index >= 15 is 0 Å². The second-order valence-electron chi connectivity index (χ2n) is 6.58. The van der Waals surface area contributed by atoms with Gasteiger partial charge in [-0.3, -0.25) is 4.98 Å². The third-order valence-corrected chi connectivity index (χ3v) is 4.61. The number of ether oxygens (including phenoxy) is 1. The minimum Gasteiger partial charge on any atom is -0.491 e. The zero-order chi connectivity index (χ0) is 17.0. The Morgan fingerprint density at radius 1 is 1.22 bits per heavy atom. The minimum atomic E-state index is -0.711. The summed E-state index contributed by atoms with van der Waals surface area (Å²) >= 11 is 0. The first-order valence-corrected chi connectivity index (χ1v) is 8.14. The number of hydrogen-bond acceptors (Lipinski definition) is 6. The lowest BCUT2D eigenvalue weighted by Gasteiger charge is -2.29. The first kappa shape index (κ1) is 25.9. The zero-order valence-electron chi connectivity index (χ0n) is 15.0. The monoisotopic (exact) mass is 440 g/mol. The molecule has 1 saturated carbocycles. The largest absolute Gasteiger partial charge is 0.491 e. The molecule has 1 fully saturated rings. The summed E-state index contributed by atoms with van der Waals surface area (Å²) in [5.74, 6) is 1.63. The summed E-state index contributed by atoms with van der Waals surface area (Å²) in [6, 6.07) is 3.67. The van der Waals surface area contributed by atoms with Crippen LogP contribution in [-0.4, -0.2) is 50.1 Å². The van der Waals surface area contributed by atoms with Gasteiger partial charge in [0.05, 0.1) is 31.6 Å². The topological polar surface area (TPSA) is 92.4 Å². The Bertz CT molecular complexity index is 650. The van der Waals surface area contributed by atoms with Crippen LogP contribution in [0.4, 0.5) is 0 Å². The Kier molecular flexibility index (Phi) is 11.2. The van der Waals surface area contributed by atoms with Crippen LogP contribution in [0, 0.1) is 5.41 Å². The lowest BCUT2D eigenvalue weighted by Crippen LogP contribution is -2.38. The molecule has 27 heavy (non-hydrogen) atoms. The second kappa shape index (κ2) is 11.7. The van der Waals surface area contributed by atoms with Crippen molar-refractivity contribution in [1.82, 2.24) is 19.9 Å². The molecule has 1 aliphatic rings. The summed E-state index contributed by atoms with van der Waals surface area (Å²) < 4.78 is 7.82. The van der Waals surface area contributed by atoms with Gasteiger partial charge in [-0.15, -0.1) is 37.2 Å². The van der Waals surface area contributed by atoms with E-state index in [0.717, 1.165) is 5.82 Å². The zero-order valence-corrected chi connectivity index (χ0v) is 17.5. The van der Waals surface area contributed by atoms with Crippen LogP contribution < -0.4 is 10.1 Å². The van der Waals surface area contributed by atoms with E-state index in [1.165, 1.54) is 0 Å². The van der Waals surface area contributed by atoms with Gasteiger partial charge in [-0.05, 0) is 25.0 Å². The highest BCUT2D eigenvalue weighted by Crippen LogP contribution is 2.38. The average molecular weight is 442 g/mol. The quantitative estimate of drug-likeness (QED) is 0.606. The SMILES string of the molecule is Cl.Cl.Cl.Cn1ccnc1CNCC1(COc2cccnc2)C[C@@H](O)[C@@H](O)C1. The molecular formula is C17H27Cl3N4O3. The molecule has 3 atom stereocenters. The lowest BCUT2D eigenvalue weighted by molar-refractivity contribution is 0.0438.